The van der Waals surface area contributed by atoms with E-state index in [1.54, 1.807) is 7.11 Å². The maximum atomic E-state index is 5.79. The van der Waals surface area contributed by atoms with Crippen molar-refractivity contribution in [2.45, 2.75) is 32.0 Å². The molecule has 0 saturated carbocycles. The zero-order valence-corrected chi connectivity index (χ0v) is 15.1. The van der Waals surface area contributed by atoms with Gasteiger partial charge in [0.15, 0.2) is 0 Å². The minimum atomic E-state index is 0.315. The van der Waals surface area contributed by atoms with Crippen molar-refractivity contribution in [2.24, 2.45) is 0 Å². The fourth-order valence-corrected chi connectivity index (χ4v) is 4.21. The van der Waals surface area contributed by atoms with Gasteiger partial charge in [-0.2, -0.15) is 0 Å². The first-order chi connectivity index (χ1) is 11.8. The molecule has 3 nitrogen and oxygen atoms in total. The fourth-order valence-electron chi connectivity index (χ4n) is 3.07. The zero-order chi connectivity index (χ0) is 16.8. The third-order valence-corrected chi connectivity index (χ3v) is 5.40. The minimum Gasteiger partial charge on any atom is -0.497 e. The molecule has 1 aromatic carbocycles. The monoisotopic (exact) mass is 343 g/mol. The number of thiophene rings is 1. The average molecular weight is 343 g/mol. The number of hydrogen-bond acceptors (Lipinski definition) is 4. The predicted molar refractivity (Wildman–Crippen MR) is 99.6 cm³/mol. The van der Waals surface area contributed by atoms with E-state index in [0.717, 1.165) is 38.4 Å². The lowest BCUT2D eigenvalue weighted by Gasteiger charge is -2.20. The van der Waals surface area contributed by atoms with Gasteiger partial charge >= 0.3 is 0 Å². The average Bonchev–Trinajstić information content (AvgIpc) is 3.26. The molecule has 1 fully saturated rings. The highest BCUT2D eigenvalue weighted by atomic mass is 32.1. The zero-order valence-electron chi connectivity index (χ0n) is 14.2. The Bertz CT molecular complexity index is 661. The van der Waals surface area contributed by atoms with Crippen LogP contribution in [0, 0.1) is 0 Å². The largest absolute Gasteiger partial charge is 0.497 e. The molecule has 1 saturated heterocycles. The van der Waals surface area contributed by atoms with Crippen molar-refractivity contribution >= 4 is 11.3 Å². The molecule has 0 aliphatic carbocycles. The molecule has 1 aliphatic heterocycles. The standard InChI is InChI=1S/C20H25NO2S/c1-3-11-21(14-16-6-4-7-17(13-16)22-2)15-18-9-10-20(24-18)19-8-5-12-23-19/h3-4,6-7,9-10,13,19H,1,5,8,11-12,14-15H2,2H3/t19-/m1/s1. The molecule has 1 atom stereocenters. The molecule has 128 valence electrons. The van der Waals surface area contributed by atoms with Crippen molar-refractivity contribution < 1.29 is 9.47 Å². The van der Waals surface area contributed by atoms with E-state index < -0.39 is 0 Å². The highest BCUT2D eigenvalue weighted by Crippen LogP contribution is 2.33. The second-order valence-electron chi connectivity index (χ2n) is 6.12. The summed E-state index contributed by atoms with van der Waals surface area (Å²) >= 11 is 1.88. The summed E-state index contributed by atoms with van der Waals surface area (Å²) in [5.41, 5.74) is 1.26. The summed E-state index contributed by atoms with van der Waals surface area (Å²) < 4.78 is 11.1. The van der Waals surface area contributed by atoms with Crippen LogP contribution in [0.5, 0.6) is 5.75 Å². The number of nitrogens with zero attached hydrogens (tertiary/aromatic N) is 1. The SMILES string of the molecule is C=CCN(Cc1cccc(OC)c1)Cc1ccc([C@H]2CCCO2)s1. The van der Waals surface area contributed by atoms with Gasteiger partial charge in [0.25, 0.3) is 0 Å². The van der Waals surface area contributed by atoms with Crippen molar-refractivity contribution in [2.75, 3.05) is 20.3 Å². The molecule has 24 heavy (non-hydrogen) atoms. The molecule has 0 bridgehead atoms. The molecule has 0 unspecified atom stereocenters. The highest BCUT2D eigenvalue weighted by molar-refractivity contribution is 7.12. The van der Waals surface area contributed by atoms with Crippen LogP contribution < -0.4 is 4.74 Å². The van der Waals surface area contributed by atoms with Gasteiger partial charge in [0.1, 0.15) is 5.75 Å². The summed E-state index contributed by atoms with van der Waals surface area (Å²) in [6.45, 7) is 7.48. The highest BCUT2D eigenvalue weighted by Gasteiger charge is 2.19. The fraction of sp³-hybridized carbons (Fsp3) is 0.400. The lowest BCUT2D eigenvalue weighted by atomic mass is 10.2. The van der Waals surface area contributed by atoms with Gasteiger partial charge in [-0.25, -0.2) is 0 Å². The van der Waals surface area contributed by atoms with E-state index in [1.165, 1.54) is 21.7 Å². The molecular formula is C20H25NO2S. The molecular weight excluding hydrogens is 318 g/mol. The van der Waals surface area contributed by atoms with Crippen molar-refractivity contribution in [1.29, 1.82) is 0 Å². The smallest absolute Gasteiger partial charge is 0.119 e. The Labute approximate surface area is 148 Å². The van der Waals surface area contributed by atoms with Crippen LogP contribution in [0.1, 0.15) is 34.3 Å². The van der Waals surface area contributed by atoms with E-state index in [1.807, 2.05) is 29.5 Å². The third kappa shape index (κ3) is 4.47. The van der Waals surface area contributed by atoms with Crippen LogP contribution in [0.15, 0.2) is 49.1 Å². The summed E-state index contributed by atoms with van der Waals surface area (Å²) in [5.74, 6) is 0.905. The molecule has 0 amide bonds. The summed E-state index contributed by atoms with van der Waals surface area (Å²) in [4.78, 5) is 5.14. The number of methoxy groups -OCH3 is 1. The van der Waals surface area contributed by atoms with Gasteiger partial charge in [0.05, 0.1) is 13.2 Å². The summed E-state index contributed by atoms with van der Waals surface area (Å²) in [5, 5.41) is 0. The van der Waals surface area contributed by atoms with Gasteiger partial charge in [0.2, 0.25) is 0 Å². The normalized spacial score (nSPS) is 17.3. The van der Waals surface area contributed by atoms with Crippen LogP contribution in [0.2, 0.25) is 0 Å². The van der Waals surface area contributed by atoms with Crippen LogP contribution in [0.4, 0.5) is 0 Å². The third-order valence-electron chi connectivity index (χ3n) is 4.24. The second kappa shape index (κ2) is 8.47. The lowest BCUT2D eigenvalue weighted by molar-refractivity contribution is 0.114. The van der Waals surface area contributed by atoms with Gasteiger partial charge in [-0.05, 0) is 42.7 Å². The van der Waals surface area contributed by atoms with Crippen LogP contribution in [0.25, 0.3) is 0 Å². The number of ether oxygens (including phenoxy) is 2. The van der Waals surface area contributed by atoms with Crippen molar-refractivity contribution in [3.63, 3.8) is 0 Å². The number of benzene rings is 1. The summed E-state index contributed by atoms with van der Waals surface area (Å²) in [6, 6.07) is 12.7. The summed E-state index contributed by atoms with van der Waals surface area (Å²) in [7, 11) is 1.71. The molecule has 1 aromatic heterocycles. The van der Waals surface area contributed by atoms with Crippen LogP contribution in [-0.2, 0) is 17.8 Å². The first-order valence-corrected chi connectivity index (χ1v) is 9.26. The van der Waals surface area contributed by atoms with Gasteiger partial charge in [-0.15, -0.1) is 17.9 Å². The molecule has 0 N–H and O–H groups in total. The van der Waals surface area contributed by atoms with Crippen LogP contribution >= 0.6 is 11.3 Å². The molecule has 2 heterocycles. The van der Waals surface area contributed by atoms with Crippen molar-refractivity contribution in [1.82, 2.24) is 4.90 Å². The van der Waals surface area contributed by atoms with E-state index >= 15 is 0 Å². The minimum absolute atomic E-state index is 0.315. The van der Waals surface area contributed by atoms with Crippen LogP contribution in [-0.4, -0.2) is 25.2 Å². The van der Waals surface area contributed by atoms with Crippen molar-refractivity contribution in [3.05, 3.63) is 64.4 Å². The first-order valence-electron chi connectivity index (χ1n) is 8.45. The quantitative estimate of drug-likeness (QED) is 0.643. The van der Waals surface area contributed by atoms with E-state index in [2.05, 4.69) is 35.7 Å². The predicted octanol–water partition coefficient (Wildman–Crippen LogP) is 4.80. The maximum Gasteiger partial charge on any atom is 0.119 e. The maximum absolute atomic E-state index is 5.79. The molecule has 0 radical (unpaired) electrons. The number of hydrogen-bond donors (Lipinski definition) is 0. The van der Waals surface area contributed by atoms with Gasteiger partial charge in [-0.3, -0.25) is 4.90 Å². The molecule has 2 aromatic rings. The molecule has 4 heteroatoms. The van der Waals surface area contributed by atoms with Gasteiger partial charge < -0.3 is 9.47 Å². The lowest BCUT2D eigenvalue weighted by Crippen LogP contribution is -2.22. The molecule has 3 rings (SSSR count). The van der Waals surface area contributed by atoms with E-state index in [4.69, 9.17) is 9.47 Å². The van der Waals surface area contributed by atoms with Crippen molar-refractivity contribution in [3.8, 4) is 5.75 Å². The first kappa shape index (κ1) is 17.2. The van der Waals surface area contributed by atoms with E-state index in [9.17, 15) is 0 Å². The number of rotatable bonds is 8. The Kier molecular flexibility index (Phi) is 6.07. The van der Waals surface area contributed by atoms with Crippen LogP contribution in [0.3, 0.4) is 0 Å². The Morgan fingerprint density at radius 3 is 3.00 bits per heavy atom. The molecule has 1 aliphatic rings. The topological polar surface area (TPSA) is 21.7 Å². The second-order valence-corrected chi connectivity index (χ2v) is 7.32. The Balaban J connectivity index is 1.65. The Morgan fingerprint density at radius 2 is 2.25 bits per heavy atom. The molecule has 0 spiro atoms. The summed E-state index contributed by atoms with van der Waals surface area (Å²) in [6.07, 6.45) is 4.61. The Morgan fingerprint density at radius 1 is 1.33 bits per heavy atom. The van der Waals surface area contributed by atoms with Gasteiger partial charge in [-0.1, -0.05) is 18.2 Å². The Hall–Kier alpha value is -1.62. The van der Waals surface area contributed by atoms with Gasteiger partial charge in [0, 0.05) is 36.0 Å². The van der Waals surface area contributed by atoms with E-state index in [-0.39, 0.29) is 0 Å². The van der Waals surface area contributed by atoms with E-state index in [0.29, 0.717) is 6.10 Å².